The first-order chi connectivity index (χ1) is 10.3. The zero-order valence-corrected chi connectivity index (χ0v) is 11.5. The lowest BCUT2D eigenvalue weighted by Gasteiger charge is -2.04. The Morgan fingerprint density at radius 3 is 2.43 bits per heavy atom. The number of benzene rings is 1. The number of nitrogens with zero attached hydrogens (tertiary/aromatic N) is 3. The third-order valence-electron chi connectivity index (χ3n) is 2.97. The van der Waals surface area contributed by atoms with Crippen LogP contribution in [0.4, 0.5) is 5.69 Å². The van der Waals surface area contributed by atoms with Gasteiger partial charge in [0.25, 0.3) is 0 Å². The molecule has 102 valence electrons. The molecule has 4 nitrogen and oxygen atoms in total. The van der Waals surface area contributed by atoms with E-state index < -0.39 is 0 Å². The van der Waals surface area contributed by atoms with E-state index in [9.17, 15) is 0 Å². The fraction of sp³-hybridized carbons (Fsp3) is 0.118. The van der Waals surface area contributed by atoms with E-state index in [1.165, 1.54) is 11.8 Å². The number of aromatic nitrogens is 1. The van der Waals surface area contributed by atoms with Crippen LogP contribution in [0.15, 0.2) is 60.4 Å². The summed E-state index contributed by atoms with van der Waals surface area (Å²) >= 11 is 0. The lowest BCUT2D eigenvalue weighted by molar-refractivity contribution is 0.914. The van der Waals surface area contributed by atoms with Crippen molar-refractivity contribution >= 4 is 5.69 Å². The lowest BCUT2D eigenvalue weighted by Crippen LogP contribution is -1.94. The van der Waals surface area contributed by atoms with Gasteiger partial charge < -0.3 is 5.32 Å². The van der Waals surface area contributed by atoms with Crippen molar-refractivity contribution in [3.63, 3.8) is 0 Å². The van der Waals surface area contributed by atoms with Crippen LogP contribution in [0.2, 0.25) is 0 Å². The summed E-state index contributed by atoms with van der Waals surface area (Å²) in [6, 6.07) is 17.4. The third kappa shape index (κ3) is 4.49. The normalized spacial score (nSPS) is 9.24. The Kier molecular flexibility index (Phi) is 5.09. The molecule has 1 aromatic heterocycles. The minimum atomic E-state index is 0.0502. The molecular formula is C17H14N4. The highest BCUT2D eigenvalue weighted by molar-refractivity contribution is 5.50. The van der Waals surface area contributed by atoms with E-state index in [2.05, 4.69) is 10.3 Å². The molecule has 0 atom stereocenters. The van der Waals surface area contributed by atoms with Crippen LogP contribution in [-0.4, -0.2) is 4.98 Å². The second-order valence-corrected chi connectivity index (χ2v) is 4.44. The predicted molar refractivity (Wildman–Crippen MR) is 81.0 cm³/mol. The molecule has 0 saturated carbocycles. The Hall–Kier alpha value is -3.11. The molecule has 21 heavy (non-hydrogen) atoms. The number of rotatable bonds is 5. The molecule has 4 heteroatoms. The molecule has 1 heterocycles. The second-order valence-electron chi connectivity index (χ2n) is 4.44. The molecule has 0 saturated heterocycles. The van der Waals surface area contributed by atoms with Crippen LogP contribution in [0.3, 0.4) is 0 Å². The standard InChI is InChI=1S/C17H14N4/c18-11-15(12-19)13-21-17-8-5-14(6-9-17)4-7-16-3-1-2-10-20-16/h1-3,5-6,8-10,13,21H,4,7H2. The van der Waals surface area contributed by atoms with Gasteiger partial charge in [-0.2, -0.15) is 10.5 Å². The molecule has 0 bridgehead atoms. The molecule has 0 fully saturated rings. The van der Waals surface area contributed by atoms with E-state index in [1.54, 1.807) is 18.3 Å². The van der Waals surface area contributed by atoms with Crippen LogP contribution in [0.5, 0.6) is 0 Å². The lowest BCUT2D eigenvalue weighted by atomic mass is 10.1. The quantitative estimate of drug-likeness (QED) is 0.850. The van der Waals surface area contributed by atoms with Crippen LogP contribution >= 0.6 is 0 Å². The van der Waals surface area contributed by atoms with Gasteiger partial charge >= 0.3 is 0 Å². The summed E-state index contributed by atoms with van der Waals surface area (Å²) in [5, 5.41) is 20.2. The van der Waals surface area contributed by atoms with Gasteiger partial charge in [0.2, 0.25) is 0 Å². The molecule has 0 aliphatic heterocycles. The van der Waals surface area contributed by atoms with E-state index in [4.69, 9.17) is 10.5 Å². The Morgan fingerprint density at radius 1 is 1.05 bits per heavy atom. The third-order valence-corrected chi connectivity index (χ3v) is 2.97. The maximum atomic E-state index is 8.64. The molecule has 1 N–H and O–H groups in total. The number of aryl methyl sites for hydroxylation is 2. The van der Waals surface area contributed by atoms with Gasteiger partial charge in [-0.3, -0.25) is 4.98 Å². The largest absolute Gasteiger partial charge is 0.360 e. The van der Waals surface area contributed by atoms with Crippen LogP contribution in [0, 0.1) is 22.7 Å². The van der Waals surface area contributed by atoms with Crippen molar-refractivity contribution in [3.8, 4) is 12.1 Å². The van der Waals surface area contributed by atoms with Crippen LogP contribution in [0.25, 0.3) is 0 Å². The molecule has 2 rings (SSSR count). The number of nitriles is 2. The molecular weight excluding hydrogens is 260 g/mol. The predicted octanol–water partition coefficient (Wildman–Crippen LogP) is 3.21. The first-order valence-corrected chi connectivity index (χ1v) is 6.57. The first-order valence-electron chi connectivity index (χ1n) is 6.57. The summed E-state index contributed by atoms with van der Waals surface area (Å²) in [4.78, 5) is 4.30. The highest BCUT2D eigenvalue weighted by atomic mass is 14.8. The number of allylic oxidation sites excluding steroid dienone is 1. The van der Waals surface area contributed by atoms with Gasteiger partial charge in [-0.1, -0.05) is 18.2 Å². The van der Waals surface area contributed by atoms with E-state index in [0.717, 1.165) is 24.2 Å². The SMILES string of the molecule is N#CC(C#N)=CNc1ccc(CCc2ccccn2)cc1. The number of hydrogen-bond acceptors (Lipinski definition) is 4. The summed E-state index contributed by atoms with van der Waals surface area (Å²) in [6.07, 6.45) is 5.04. The topological polar surface area (TPSA) is 72.5 Å². The summed E-state index contributed by atoms with van der Waals surface area (Å²) < 4.78 is 0. The van der Waals surface area contributed by atoms with Crippen molar-refractivity contribution in [2.24, 2.45) is 0 Å². The van der Waals surface area contributed by atoms with Gasteiger partial charge in [0, 0.05) is 23.8 Å². The van der Waals surface area contributed by atoms with Gasteiger partial charge in [-0.15, -0.1) is 0 Å². The smallest absolute Gasteiger partial charge is 0.145 e. The Balaban J connectivity index is 1.92. The zero-order chi connectivity index (χ0) is 14.9. The molecule has 0 radical (unpaired) electrons. The summed E-state index contributed by atoms with van der Waals surface area (Å²) in [5.41, 5.74) is 3.19. The first kappa shape index (κ1) is 14.3. The van der Waals surface area contributed by atoms with E-state index in [-0.39, 0.29) is 5.57 Å². The van der Waals surface area contributed by atoms with Gasteiger partial charge in [0.1, 0.15) is 17.7 Å². The molecule has 0 aliphatic rings. The van der Waals surface area contributed by atoms with Crippen molar-refractivity contribution in [2.75, 3.05) is 5.32 Å². The summed E-state index contributed by atoms with van der Waals surface area (Å²) in [7, 11) is 0. The van der Waals surface area contributed by atoms with E-state index >= 15 is 0 Å². The average molecular weight is 274 g/mol. The average Bonchev–Trinajstić information content (AvgIpc) is 2.56. The van der Waals surface area contributed by atoms with Gasteiger partial charge in [-0.25, -0.2) is 0 Å². The van der Waals surface area contributed by atoms with Crippen molar-refractivity contribution in [3.05, 3.63) is 71.7 Å². The van der Waals surface area contributed by atoms with Crippen LogP contribution < -0.4 is 5.32 Å². The minimum Gasteiger partial charge on any atom is -0.360 e. The Bertz CT molecular complexity index is 672. The zero-order valence-electron chi connectivity index (χ0n) is 11.5. The minimum absolute atomic E-state index is 0.0502. The fourth-order valence-corrected chi connectivity index (χ4v) is 1.83. The molecule has 2 aromatic rings. The fourth-order valence-electron chi connectivity index (χ4n) is 1.83. The van der Waals surface area contributed by atoms with Gasteiger partial charge in [0.05, 0.1) is 0 Å². The van der Waals surface area contributed by atoms with Gasteiger partial charge in [-0.05, 0) is 42.7 Å². The van der Waals surface area contributed by atoms with Crippen LogP contribution in [0.1, 0.15) is 11.3 Å². The molecule has 0 spiro atoms. The van der Waals surface area contributed by atoms with E-state index in [1.807, 2.05) is 42.5 Å². The maximum Gasteiger partial charge on any atom is 0.145 e. The Morgan fingerprint density at radius 2 is 1.81 bits per heavy atom. The van der Waals surface area contributed by atoms with Crippen molar-refractivity contribution < 1.29 is 0 Å². The molecule has 1 aromatic carbocycles. The van der Waals surface area contributed by atoms with Crippen molar-refractivity contribution in [1.29, 1.82) is 10.5 Å². The van der Waals surface area contributed by atoms with Gasteiger partial charge in [0.15, 0.2) is 0 Å². The molecule has 0 amide bonds. The highest BCUT2D eigenvalue weighted by Crippen LogP contribution is 2.12. The van der Waals surface area contributed by atoms with E-state index in [0.29, 0.717) is 0 Å². The highest BCUT2D eigenvalue weighted by Gasteiger charge is 1.97. The summed E-state index contributed by atoms with van der Waals surface area (Å²) in [5.74, 6) is 0. The summed E-state index contributed by atoms with van der Waals surface area (Å²) in [6.45, 7) is 0. The monoisotopic (exact) mass is 274 g/mol. The number of hydrogen-bond donors (Lipinski definition) is 1. The Labute approximate surface area is 124 Å². The number of pyridine rings is 1. The van der Waals surface area contributed by atoms with Crippen LogP contribution in [-0.2, 0) is 12.8 Å². The molecule has 0 aliphatic carbocycles. The number of nitrogens with one attached hydrogen (secondary N) is 1. The second kappa shape index (κ2) is 7.47. The molecule has 0 unspecified atom stereocenters. The maximum absolute atomic E-state index is 8.64. The van der Waals surface area contributed by atoms with Crippen molar-refractivity contribution in [2.45, 2.75) is 12.8 Å². The van der Waals surface area contributed by atoms with Crippen molar-refractivity contribution in [1.82, 2.24) is 4.98 Å². The number of anilines is 1.